The molecule has 0 spiro atoms. The second kappa shape index (κ2) is 4.45. The van der Waals surface area contributed by atoms with Crippen molar-refractivity contribution in [2.75, 3.05) is 0 Å². The molecule has 4 heteroatoms. The summed E-state index contributed by atoms with van der Waals surface area (Å²) in [5.41, 5.74) is -0.364. The third-order valence-electron chi connectivity index (χ3n) is 1.41. The Morgan fingerprint density at radius 2 is 2.00 bits per heavy atom. The summed E-state index contributed by atoms with van der Waals surface area (Å²) in [6.45, 7) is 5.74. The summed E-state index contributed by atoms with van der Waals surface area (Å²) < 4.78 is 4.71. The number of rotatable bonds is 3. The van der Waals surface area contributed by atoms with E-state index < -0.39 is 3.74 Å². The van der Waals surface area contributed by atoms with Crippen LogP contribution in [0.25, 0.3) is 0 Å². The zero-order valence-electron chi connectivity index (χ0n) is 6.86. The van der Waals surface area contributed by atoms with Crippen LogP contribution in [0.3, 0.4) is 0 Å². The molecule has 0 bridgehead atoms. The molecule has 0 aliphatic heterocycles. The lowest BCUT2D eigenvalue weighted by molar-refractivity contribution is -0.153. The lowest BCUT2D eigenvalue weighted by Crippen LogP contribution is -2.29. The molecule has 0 aromatic heterocycles. The van der Waals surface area contributed by atoms with Gasteiger partial charge in [0.05, 0.1) is 0 Å². The molecule has 0 rings (SSSR count). The van der Waals surface area contributed by atoms with Crippen molar-refractivity contribution in [1.29, 1.82) is 0 Å². The van der Waals surface area contributed by atoms with Gasteiger partial charge in [0.2, 0.25) is 0 Å². The van der Waals surface area contributed by atoms with Crippen molar-refractivity contribution in [3.63, 3.8) is 0 Å². The third kappa shape index (κ3) is 4.80. The van der Waals surface area contributed by atoms with Crippen LogP contribution in [0.5, 0.6) is 0 Å². The molecule has 0 aromatic rings. The first-order valence-electron chi connectivity index (χ1n) is 3.40. The van der Waals surface area contributed by atoms with Gasteiger partial charge in [-0.3, -0.25) is 0 Å². The van der Waals surface area contributed by atoms with E-state index in [2.05, 4.69) is 31.9 Å². The average molecular weight is 288 g/mol. The number of halogens is 2. The van der Waals surface area contributed by atoms with Crippen LogP contribution < -0.4 is 0 Å². The molecular formula is C7H12Br2O2. The van der Waals surface area contributed by atoms with E-state index in [4.69, 9.17) is 4.74 Å². The van der Waals surface area contributed by atoms with Crippen molar-refractivity contribution in [2.45, 2.75) is 36.5 Å². The van der Waals surface area contributed by atoms with Gasteiger partial charge < -0.3 is 4.74 Å². The monoisotopic (exact) mass is 286 g/mol. The summed E-state index contributed by atoms with van der Waals surface area (Å²) in [5, 5.41) is 0. The fourth-order valence-corrected chi connectivity index (χ4v) is 0.576. The number of ether oxygens (including phenoxy) is 1. The zero-order valence-corrected chi connectivity index (χ0v) is 10.0. The average Bonchev–Trinajstić information content (AvgIpc) is 1.87. The highest BCUT2D eigenvalue weighted by Crippen LogP contribution is 2.18. The number of hydrogen-bond donors (Lipinski definition) is 0. The van der Waals surface area contributed by atoms with Gasteiger partial charge in [0.15, 0.2) is 3.74 Å². The van der Waals surface area contributed by atoms with Crippen LogP contribution >= 0.6 is 31.9 Å². The fourth-order valence-electron chi connectivity index (χ4n) is 0.389. The Bertz CT molecular complexity index is 143. The Kier molecular flexibility index (Phi) is 4.63. The topological polar surface area (TPSA) is 26.3 Å². The van der Waals surface area contributed by atoms with Crippen molar-refractivity contribution in [1.82, 2.24) is 0 Å². The van der Waals surface area contributed by atoms with Crippen LogP contribution in [0.15, 0.2) is 0 Å². The van der Waals surface area contributed by atoms with Crippen LogP contribution in [0.1, 0.15) is 27.2 Å². The van der Waals surface area contributed by atoms with E-state index in [-0.39, 0.29) is 11.6 Å². The maximum Gasteiger partial charge on any atom is 0.331 e. The maximum atomic E-state index is 11.0. The van der Waals surface area contributed by atoms with Gasteiger partial charge in [0.25, 0.3) is 0 Å². The van der Waals surface area contributed by atoms with E-state index >= 15 is 0 Å². The van der Waals surface area contributed by atoms with Crippen LogP contribution in [0, 0.1) is 0 Å². The molecule has 11 heavy (non-hydrogen) atoms. The summed E-state index contributed by atoms with van der Waals surface area (Å²) >= 11 is 6.13. The summed E-state index contributed by atoms with van der Waals surface area (Å²) in [6.07, 6.45) is 0.811. The van der Waals surface area contributed by atoms with Crippen LogP contribution in [-0.4, -0.2) is 15.3 Å². The molecule has 0 heterocycles. The zero-order chi connectivity index (χ0) is 9.07. The van der Waals surface area contributed by atoms with Gasteiger partial charge in [-0.1, -0.05) is 38.8 Å². The largest absolute Gasteiger partial charge is 0.458 e. The van der Waals surface area contributed by atoms with Crippen molar-refractivity contribution in [3.05, 3.63) is 0 Å². The van der Waals surface area contributed by atoms with E-state index in [1.165, 1.54) is 0 Å². The molecule has 0 unspecified atom stereocenters. The van der Waals surface area contributed by atoms with Gasteiger partial charge in [0.1, 0.15) is 5.60 Å². The lowest BCUT2D eigenvalue weighted by Gasteiger charge is -2.23. The Hall–Kier alpha value is 0.430. The summed E-state index contributed by atoms with van der Waals surface area (Å²) in [7, 11) is 0. The summed E-state index contributed by atoms with van der Waals surface area (Å²) in [4.78, 5) is 11.0. The van der Waals surface area contributed by atoms with Crippen LogP contribution in [0.4, 0.5) is 0 Å². The highest BCUT2D eigenvalue weighted by Gasteiger charge is 2.23. The molecule has 0 amide bonds. The van der Waals surface area contributed by atoms with E-state index in [1.54, 1.807) is 0 Å². The van der Waals surface area contributed by atoms with E-state index in [0.29, 0.717) is 0 Å². The van der Waals surface area contributed by atoms with Gasteiger partial charge in [-0.2, -0.15) is 0 Å². The quantitative estimate of drug-likeness (QED) is 0.589. The Balaban J connectivity index is 3.94. The fraction of sp³-hybridized carbons (Fsp3) is 0.857. The van der Waals surface area contributed by atoms with Gasteiger partial charge in [-0.25, -0.2) is 4.79 Å². The first kappa shape index (κ1) is 11.4. The van der Waals surface area contributed by atoms with Crippen LogP contribution in [0.2, 0.25) is 0 Å². The SMILES string of the molecule is CCC(C)(C)OC(=O)C(Br)Br. The van der Waals surface area contributed by atoms with Crippen LogP contribution in [-0.2, 0) is 9.53 Å². The Morgan fingerprint density at radius 1 is 1.55 bits per heavy atom. The first-order valence-corrected chi connectivity index (χ1v) is 5.23. The molecule has 2 nitrogen and oxygen atoms in total. The number of carbonyl (C=O) groups excluding carboxylic acids is 1. The lowest BCUT2D eigenvalue weighted by atomic mass is 10.1. The number of carbonyl (C=O) groups is 1. The highest BCUT2D eigenvalue weighted by atomic mass is 79.9. The summed E-state index contributed by atoms with van der Waals surface area (Å²) in [5.74, 6) is -0.281. The molecule has 0 fully saturated rings. The minimum atomic E-state index is -0.402. The van der Waals surface area contributed by atoms with Crippen molar-refractivity contribution >= 4 is 37.8 Å². The first-order chi connectivity index (χ1) is 4.89. The molecule has 0 aliphatic carbocycles. The molecule has 0 radical (unpaired) electrons. The number of alkyl halides is 2. The van der Waals surface area contributed by atoms with Gasteiger partial charge in [-0.05, 0) is 20.3 Å². The third-order valence-corrected chi connectivity index (χ3v) is 2.15. The predicted octanol–water partition coefficient (Wildman–Crippen LogP) is 2.83. The van der Waals surface area contributed by atoms with Crippen molar-refractivity contribution < 1.29 is 9.53 Å². The molecule has 0 aliphatic rings. The minimum Gasteiger partial charge on any atom is -0.458 e. The molecule has 0 atom stereocenters. The van der Waals surface area contributed by atoms with Gasteiger partial charge in [0, 0.05) is 0 Å². The van der Waals surface area contributed by atoms with E-state index in [0.717, 1.165) is 6.42 Å². The molecule has 66 valence electrons. The van der Waals surface area contributed by atoms with Gasteiger partial charge >= 0.3 is 5.97 Å². The predicted molar refractivity (Wildman–Crippen MR) is 52.1 cm³/mol. The maximum absolute atomic E-state index is 11.0. The molecule has 0 N–H and O–H groups in total. The molecule has 0 aromatic carbocycles. The van der Waals surface area contributed by atoms with Gasteiger partial charge in [-0.15, -0.1) is 0 Å². The second-order valence-corrected chi connectivity index (χ2v) is 5.90. The Morgan fingerprint density at radius 3 is 2.27 bits per heavy atom. The number of esters is 1. The van der Waals surface area contributed by atoms with Crippen molar-refractivity contribution in [2.24, 2.45) is 0 Å². The normalized spacial score (nSPS) is 11.8. The molecule has 0 saturated carbocycles. The molecular weight excluding hydrogens is 276 g/mol. The van der Waals surface area contributed by atoms with Crippen molar-refractivity contribution in [3.8, 4) is 0 Å². The highest BCUT2D eigenvalue weighted by molar-refractivity contribution is 9.25. The Labute approximate surface area is 83.9 Å². The standard InChI is InChI=1S/C7H12Br2O2/c1-4-7(2,3)11-6(10)5(8)9/h5H,4H2,1-3H3. The number of hydrogen-bond acceptors (Lipinski definition) is 2. The van der Waals surface area contributed by atoms with E-state index in [9.17, 15) is 4.79 Å². The van der Waals surface area contributed by atoms with E-state index in [1.807, 2.05) is 20.8 Å². The second-order valence-electron chi connectivity index (χ2n) is 2.84. The molecule has 0 saturated heterocycles. The smallest absolute Gasteiger partial charge is 0.331 e. The minimum absolute atomic E-state index is 0.281. The summed E-state index contributed by atoms with van der Waals surface area (Å²) in [6, 6.07) is 0.